The summed E-state index contributed by atoms with van der Waals surface area (Å²) in [4.78, 5) is 25.3. The molecule has 0 bridgehead atoms. The minimum atomic E-state index is -0.493. The van der Waals surface area contributed by atoms with Crippen LogP contribution in [0, 0.1) is 6.92 Å². The molecule has 0 saturated heterocycles. The van der Waals surface area contributed by atoms with Crippen LogP contribution < -0.4 is 16.0 Å². The van der Waals surface area contributed by atoms with Crippen molar-refractivity contribution in [1.82, 2.24) is 0 Å². The van der Waals surface area contributed by atoms with Gasteiger partial charge in [0.25, 0.3) is 5.91 Å². The molecule has 0 atom stereocenters. The van der Waals surface area contributed by atoms with Gasteiger partial charge in [-0.25, -0.2) is 0 Å². The molecule has 0 fully saturated rings. The highest BCUT2D eigenvalue weighted by Crippen LogP contribution is 2.20. The highest BCUT2D eigenvalue weighted by Gasteiger charge is 2.09. The van der Waals surface area contributed by atoms with Crippen LogP contribution in [0.1, 0.15) is 26.3 Å². The molecule has 5 heteroatoms. The number of benzene rings is 2. The van der Waals surface area contributed by atoms with E-state index in [0.29, 0.717) is 16.8 Å². The molecular formula is C17H19N3O2. The molecule has 22 heavy (non-hydrogen) atoms. The number of nitrogens with zero attached hydrogens (tertiary/aromatic N) is 1. The van der Waals surface area contributed by atoms with Crippen molar-refractivity contribution in [3.05, 3.63) is 59.2 Å². The fourth-order valence-electron chi connectivity index (χ4n) is 2.22. The third-order valence-corrected chi connectivity index (χ3v) is 3.37. The van der Waals surface area contributed by atoms with Crippen molar-refractivity contribution in [2.75, 3.05) is 24.3 Å². The van der Waals surface area contributed by atoms with E-state index in [1.165, 1.54) is 0 Å². The second-order valence-corrected chi connectivity index (χ2v) is 5.29. The predicted molar refractivity (Wildman–Crippen MR) is 88.4 cm³/mol. The van der Waals surface area contributed by atoms with Crippen molar-refractivity contribution < 1.29 is 9.59 Å². The van der Waals surface area contributed by atoms with Gasteiger partial charge in [-0.2, -0.15) is 0 Å². The van der Waals surface area contributed by atoms with Crippen LogP contribution in [0.4, 0.5) is 11.4 Å². The van der Waals surface area contributed by atoms with Crippen LogP contribution in [0.15, 0.2) is 42.5 Å². The van der Waals surface area contributed by atoms with Gasteiger partial charge in [0.15, 0.2) is 0 Å². The summed E-state index contributed by atoms with van der Waals surface area (Å²) < 4.78 is 0. The maximum absolute atomic E-state index is 12.2. The molecule has 3 N–H and O–H groups in total. The summed E-state index contributed by atoms with van der Waals surface area (Å²) in [7, 11) is 3.92. The van der Waals surface area contributed by atoms with Crippen molar-refractivity contribution in [1.29, 1.82) is 0 Å². The van der Waals surface area contributed by atoms with E-state index in [-0.39, 0.29) is 5.91 Å². The van der Waals surface area contributed by atoms with Crippen LogP contribution in [0.25, 0.3) is 0 Å². The summed E-state index contributed by atoms with van der Waals surface area (Å²) in [6.07, 6.45) is 0. The Bertz CT molecular complexity index is 706. The summed E-state index contributed by atoms with van der Waals surface area (Å²) in [6.45, 7) is 1.97. The average molecular weight is 297 g/mol. The van der Waals surface area contributed by atoms with Gasteiger partial charge in [0.05, 0.1) is 0 Å². The largest absolute Gasteiger partial charge is 0.377 e. The Morgan fingerprint density at radius 3 is 2.09 bits per heavy atom. The van der Waals surface area contributed by atoms with E-state index in [1.807, 2.05) is 38.1 Å². The van der Waals surface area contributed by atoms with Crippen LogP contribution in [-0.4, -0.2) is 25.9 Å². The van der Waals surface area contributed by atoms with E-state index >= 15 is 0 Å². The standard InChI is InChI=1S/C17H19N3O2/c1-11-10-13(6-9-15(11)20(2)3)17(22)19-14-7-4-12(5-8-14)16(18)21/h4-10H,1-3H3,(H2,18,21)(H,19,22). The molecule has 2 aromatic carbocycles. The van der Waals surface area contributed by atoms with Gasteiger partial charge in [0, 0.05) is 36.6 Å². The molecule has 114 valence electrons. The third-order valence-electron chi connectivity index (χ3n) is 3.37. The van der Waals surface area contributed by atoms with Crippen LogP contribution in [0.2, 0.25) is 0 Å². The summed E-state index contributed by atoms with van der Waals surface area (Å²) in [5, 5.41) is 2.80. The van der Waals surface area contributed by atoms with Gasteiger partial charge in [-0.15, -0.1) is 0 Å². The topological polar surface area (TPSA) is 75.4 Å². The van der Waals surface area contributed by atoms with Gasteiger partial charge in [0.1, 0.15) is 0 Å². The van der Waals surface area contributed by atoms with Crippen LogP contribution in [0.5, 0.6) is 0 Å². The van der Waals surface area contributed by atoms with Gasteiger partial charge in [-0.1, -0.05) is 0 Å². The lowest BCUT2D eigenvalue weighted by Crippen LogP contribution is -2.15. The molecule has 0 aliphatic rings. The van der Waals surface area contributed by atoms with E-state index in [1.54, 1.807) is 30.3 Å². The molecule has 0 aromatic heterocycles. The Morgan fingerprint density at radius 2 is 1.59 bits per heavy atom. The van der Waals surface area contributed by atoms with Gasteiger partial charge in [-0.3, -0.25) is 9.59 Å². The number of rotatable bonds is 4. The Hall–Kier alpha value is -2.82. The number of carbonyl (C=O) groups excluding carboxylic acids is 2. The SMILES string of the molecule is Cc1cc(C(=O)Nc2ccc(C(N)=O)cc2)ccc1N(C)C. The first-order valence-corrected chi connectivity index (χ1v) is 6.87. The van der Waals surface area contributed by atoms with E-state index in [0.717, 1.165) is 11.3 Å². The molecule has 0 spiro atoms. The van der Waals surface area contributed by atoms with Crippen LogP contribution in [-0.2, 0) is 0 Å². The summed E-state index contributed by atoms with van der Waals surface area (Å²) in [5.74, 6) is -0.687. The average Bonchev–Trinajstić information content (AvgIpc) is 2.47. The van der Waals surface area contributed by atoms with E-state index in [2.05, 4.69) is 5.32 Å². The number of carbonyl (C=O) groups is 2. The molecule has 2 rings (SSSR count). The molecule has 0 unspecified atom stereocenters. The van der Waals surface area contributed by atoms with Crippen molar-refractivity contribution in [2.24, 2.45) is 5.73 Å². The maximum atomic E-state index is 12.2. The van der Waals surface area contributed by atoms with Crippen LogP contribution >= 0.6 is 0 Å². The fraction of sp³-hybridized carbons (Fsp3) is 0.176. The summed E-state index contributed by atoms with van der Waals surface area (Å²) in [6, 6.07) is 12.0. The molecular weight excluding hydrogens is 278 g/mol. The molecule has 0 aliphatic heterocycles. The highest BCUT2D eigenvalue weighted by molar-refractivity contribution is 6.05. The van der Waals surface area contributed by atoms with Gasteiger partial charge < -0.3 is 16.0 Å². The van der Waals surface area contributed by atoms with Gasteiger partial charge in [-0.05, 0) is 55.0 Å². The fourth-order valence-corrected chi connectivity index (χ4v) is 2.22. The molecule has 0 heterocycles. The van der Waals surface area contributed by atoms with Crippen molar-refractivity contribution in [2.45, 2.75) is 6.92 Å². The first-order valence-electron chi connectivity index (χ1n) is 6.87. The van der Waals surface area contributed by atoms with E-state index in [9.17, 15) is 9.59 Å². The number of nitrogens with two attached hydrogens (primary N) is 1. The maximum Gasteiger partial charge on any atom is 0.255 e. The molecule has 2 amide bonds. The minimum absolute atomic E-state index is 0.194. The molecule has 2 aromatic rings. The number of anilines is 2. The Labute approximate surface area is 129 Å². The third kappa shape index (κ3) is 3.44. The Morgan fingerprint density at radius 1 is 1.00 bits per heavy atom. The molecule has 0 aliphatic carbocycles. The first-order chi connectivity index (χ1) is 10.4. The predicted octanol–water partition coefficient (Wildman–Crippen LogP) is 2.41. The first kappa shape index (κ1) is 15.6. The number of aryl methyl sites for hydroxylation is 1. The zero-order chi connectivity index (χ0) is 16.3. The normalized spacial score (nSPS) is 10.1. The molecule has 0 saturated carbocycles. The number of hydrogen-bond donors (Lipinski definition) is 2. The zero-order valence-corrected chi connectivity index (χ0v) is 12.9. The second kappa shape index (κ2) is 6.30. The summed E-state index contributed by atoms with van der Waals surface area (Å²) in [5.41, 5.74) is 8.89. The van der Waals surface area contributed by atoms with Crippen LogP contribution in [0.3, 0.4) is 0 Å². The highest BCUT2D eigenvalue weighted by atomic mass is 16.2. The lowest BCUT2D eigenvalue weighted by atomic mass is 10.1. The monoisotopic (exact) mass is 297 g/mol. The molecule has 0 radical (unpaired) electrons. The Kier molecular flexibility index (Phi) is 4.46. The minimum Gasteiger partial charge on any atom is -0.377 e. The number of amides is 2. The Balaban J connectivity index is 2.15. The number of primary amides is 1. The van der Waals surface area contributed by atoms with Crippen molar-refractivity contribution >= 4 is 23.2 Å². The van der Waals surface area contributed by atoms with Crippen molar-refractivity contribution in [3.8, 4) is 0 Å². The lowest BCUT2D eigenvalue weighted by Gasteiger charge is -2.16. The lowest BCUT2D eigenvalue weighted by molar-refractivity contribution is 0.0998. The number of hydrogen-bond acceptors (Lipinski definition) is 3. The molecule has 5 nitrogen and oxygen atoms in total. The van der Waals surface area contributed by atoms with Crippen molar-refractivity contribution in [3.63, 3.8) is 0 Å². The second-order valence-electron chi connectivity index (χ2n) is 5.29. The quantitative estimate of drug-likeness (QED) is 0.910. The number of nitrogens with one attached hydrogen (secondary N) is 1. The van der Waals surface area contributed by atoms with E-state index in [4.69, 9.17) is 5.73 Å². The van der Waals surface area contributed by atoms with Gasteiger partial charge in [0.2, 0.25) is 5.91 Å². The van der Waals surface area contributed by atoms with E-state index < -0.39 is 5.91 Å². The zero-order valence-electron chi connectivity index (χ0n) is 12.9. The smallest absolute Gasteiger partial charge is 0.255 e. The summed E-state index contributed by atoms with van der Waals surface area (Å²) >= 11 is 0. The van der Waals surface area contributed by atoms with Gasteiger partial charge >= 0.3 is 0 Å².